The highest BCUT2D eigenvalue weighted by Gasteiger charge is 2.08. The number of nitrogens with one attached hydrogen (secondary N) is 2. The fourth-order valence-electron chi connectivity index (χ4n) is 2.38. The zero-order chi connectivity index (χ0) is 17.6. The van der Waals surface area contributed by atoms with Crippen LogP contribution in [0.5, 0.6) is 0 Å². The second-order valence-electron chi connectivity index (χ2n) is 5.68. The van der Waals surface area contributed by atoms with Gasteiger partial charge in [0.25, 0.3) is 5.91 Å². The van der Waals surface area contributed by atoms with E-state index in [2.05, 4.69) is 15.6 Å². The zero-order valence-electron chi connectivity index (χ0n) is 13.8. The van der Waals surface area contributed by atoms with E-state index in [1.54, 1.807) is 24.4 Å². The van der Waals surface area contributed by atoms with Crippen LogP contribution in [0.3, 0.4) is 0 Å². The highest BCUT2D eigenvalue weighted by atomic mass is 19.1. The van der Waals surface area contributed by atoms with Gasteiger partial charge in [-0.25, -0.2) is 4.39 Å². The summed E-state index contributed by atoms with van der Waals surface area (Å²) < 4.78 is 12.9. The standard InChI is InChI=1S/C20H18FN3O/c1-14-4-2-3-5-18(14)24-17-10-11-22-19(12-17)20(25)23-13-15-6-8-16(21)9-7-15/h2-12H,13H2,1H3,(H,22,24)(H,23,25). The molecule has 1 amide bonds. The van der Waals surface area contributed by atoms with Gasteiger partial charge in [-0.2, -0.15) is 0 Å². The Morgan fingerprint density at radius 3 is 2.60 bits per heavy atom. The van der Waals surface area contributed by atoms with Crippen molar-refractivity contribution >= 4 is 17.3 Å². The number of nitrogens with zero attached hydrogens (tertiary/aromatic N) is 1. The lowest BCUT2D eigenvalue weighted by Gasteiger charge is -2.10. The van der Waals surface area contributed by atoms with E-state index in [-0.39, 0.29) is 11.7 Å². The van der Waals surface area contributed by atoms with Gasteiger partial charge in [0.2, 0.25) is 0 Å². The third-order valence-electron chi connectivity index (χ3n) is 3.78. The maximum Gasteiger partial charge on any atom is 0.270 e. The lowest BCUT2D eigenvalue weighted by molar-refractivity contribution is 0.0946. The third-order valence-corrected chi connectivity index (χ3v) is 3.78. The first-order valence-corrected chi connectivity index (χ1v) is 7.93. The van der Waals surface area contributed by atoms with Crippen molar-refractivity contribution in [3.05, 3.63) is 89.5 Å². The number of aromatic nitrogens is 1. The second-order valence-corrected chi connectivity index (χ2v) is 5.68. The summed E-state index contributed by atoms with van der Waals surface area (Å²) in [5.74, 6) is -0.579. The van der Waals surface area contributed by atoms with Crippen molar-refractivity contribution in [1.82, 2.24) is 10.3 Å². The molecular formula is C20H18FN3O. The lowest BCUT2D eigenvalue weighted by Crippen LogP contribution is -2.23. The average molecular weight is 335 g/mol. The molecule has 3 aromatic rings. The molecule has 1 aromatic heterocycles. The SMILES string of the molecule is Cc1ccccc1Nc1ccnc(C(=O)NCc2ccc(F)cc2)c1. The molecule has 2 aromatic carbocycles. The zero-order valence-corrected chi connectivity index (χ0v) is 13.8. The average Bonchev–Trinajstić information content (AvgIpc) is 2.63. The Kier molecular flexibility index (Phi) is 5.04. The monoisotopic (exact) mass is 335 g/mol. The highest BCUT2D eigenvalue weighted by Crippen LogP contribution is 2.20. The number of rotatable bonds is 5. The van der Waals surface area contributed by atoms with Crippen LogP contribution in [-0.2, 0) is 6.54 Å². The predicted molar refractivity (Wildman–Crippen MR) is 96.3 cm³/mol. The number of hydrogen-bond acceptors (Lipinski definition) is 3. The van der Waals surface area contributed by atoms with Gasteiger partial charge in [-0.1, -0.05) is 30.3 Å². The van der Waals surface area contributed by atoms with Gasteiger partial charge in [-0.15, -0.1) is 0 Å². The molecule has 2 N–H and O–H groups in total. The molecule has 0 saturated heterocycles. The largest absolute Gasteiger partial charge is 0.355 e. The summed E-state index contributed by atoms with van der Waals surface area (Å²) in [5.41, 5.74) is 4.02. The van der Waals surface area contributed by atoms with Gasteiger partial charge >= 0.3 is 0 Å². The Bertz CT molecular complexity index is 878. The Labute approximate surface area is 145 Å². The minimum atomic E-state index is -0.299. The summed E-state index contributed by atoms with van der Waals surface area (Å²) in [4.78, 5) is 16.4. The smallest absolute Gasteiger partial charge is 0.270 e. The summed E-state index contributed by atoms with van der Waals surface area (Å²) >= 11 is 0. The number of halogens is 1. The van der Waals surface area contributed by atoms with E-state index in [1.807, 2.05) is 37.3 Å². The molecule has 0 aliphatic heterocycles. The van der Waals surface area contributed by atoms with Crippen LogP contribution in [0, 0.1) is 12.7 Å². The number of hydrogen-bond donors (Lipinski definition) is 2. The molecule has 0 aliphatic carbocycles. The minimum Gasteiger partial charge on any atom is -0.355 e. The van der Waals surface area contributed by atoms with Crippen LogP contribution in [0.4, 0.5) is 15.8 Å². The molecule has 0 fully saturated rings. The molecule has 5 heteroatoms. The van der Waals surface area contributed by atoms with Crippen LogP contribution in [0.25, 0.3) is 0 Å². The van der Waals surface area contributed by atoms with Crippen LogP contribution in [0.2, 0.25) is 0 Å². The van der Waals surface area contributed by atoms with E-state index in [1.165, 1.54) is 12.1 Å². The van der Waals surface area contributed by atoms with Gasteiger partial charge in [0, 0.05) is 24.1 Å². The molecule has 0 unspecified atom stereocenters. The van der Waals surface area contributed by atoms with Crippen molar-refractivity contribution in [2.24, 2.45) is 0 Å². The number of carbonyl (C=O) groups is 1. The molecule has 3 rings (SSSR count). The quantitative estimate of drug-likeness (QED) is 0.735. The Balaban J connectivity index is 1.67. The van der Waals surface area contributed by atoms with E-state index in [0.717, 1.165) is 22.5 Å². The lowest BCUT2D eigenvalue weighted by atomic mass is 10.2. The molecular weight excluding hydrogens is 317 g/mol. The van der Waals surface area contributed by atoms with Crippen LogP contribution in [0.1, 0.15) is 21.6 Å². The number of amides is 1. The van der Waals surface area contributed by atoms with Gasteiger partial charge < -0.3 is 10.6 Å². The van der Waals surface area contributed by atoms with Crippen molar-refractivity contribution in [2.45, 2.75) is 13.5 Å². The second kappa shape index (κ2) is 7.57. The van der Waals surface area contributed by atoms with E-state index in [9.17, 15) is 9.18 Å². The molecule has 4 nitrogen and oxygen atoms in total. The Hall–Kier alpha value is -3.21. The fourth-order valence-corrected chi connectivity index (χ4v) is 2.38. The molecule has 0 spiro atoms. The van der Waals surface area contributed by atoms with Crippen molar-refractivity contribution < 1.29 is 9.18 Å². The first-order chi connectivity index (χ1) is 12.1. The third kappa shape index (κ3) is 4.41. The fraction of sp³-hybridized carbons (Fsp3) is 0.100. The topological polar surface area (TPSA) is 54.0 Å². The van der Waals surface area contributed by atoms with E-state index in [0.29, 0.717) is 12.2 Å². The normalized spacial score (nSPS) is 10.3. The molecule has 1 heterocycles. The van der Waals surface area contributed by atoms with E-state index in [4.69, 9.17) is 0 Å². The molecule has 0 radical (unpaired) electrons. The molecule has 126 valence electrons. The molecule has 25 heavy (non-hydrogen) atoms. The van der Waals surface area contributed by atoms with Crippen LogP contribution < -0.4 is 10.6 Å². The molecule has 0 aliphatic rings. The van der Waals surface area contributed by atoms with Crippen molar-refractivity contribution in [2.75, 3.05) is 5.32 Å². The van der Waals surface area contributed by atoms with Crippen LogP contribution in [0.15, 0.2) is 66.9 Å². The number of pyridine rings is 1. The Morgan fingerprint density at radius 1 is 1.08 bits per heavy atom. The molecule has 0 bridgehead atoms. The first kappa shape index (κ1) is 16.6. The summed E-state index contributed by atoms with van der Waals surface area (Å²) in [7, 11) is 0. The van der Waals surface area contributed by atoms with Crippen molar-refractivity contribution in [3.63, 3.8) is 0 Å². The number of aryl methyl sites for hydroxylation is 1. The number of benzene rings is 2. The van der Waals surface area contributed by atoms with E-state index >= 15 is 0 Å². The maximum atomic E-state index is 12.9. The highest BCUT2D eigenvalue weighted by molar-refractivity contribution is 5.93. The molecule has 0 atom stereocenters. The van der Waals surface area contributed by atoms with E-state index < -0.39 is 0 Å². The first-order valence-electron chi connectivity index (χ1n) is 7.93. The summed E-state index contributed by atoms with van der Waals surface area (Å²) in [6, 6.07) is 17.4. The summed E-state index contributed by atoms with van der Waals surface area (Å²) in [6.45, 7) is 2.33. The van der Waals surface area contributed by atoms with Gasteiger partial charge in [0.15, 0.2) is 0 Å². The van der Waals surface area contributed by atoms with Crippen LogP contribution in [-0.4, -0.2) is 10.9 Å². The van der Waals surface area contributed by atoms with Crippen LogP contribution >= 0.6 is 0 Å². The predicted octanol–water partition coefficient (Wildman–Crippen LogP) is 4.20. The number of anilines is 2. The van der Waals surface area contributed by atoms with Gasteiger partial charge in [0.1, 0.15) is 11.5 Å². The summed E-state index contributed by atoms with van der Waals surface area (Å²) in [5, 5.41) is 6.07. The number of carbonyl (C=O) groups excluding carboxylic acids is 1. The van der Waals surface area contributed by atoms with Gasteiger partial charge in [-0.05, 0) is 48.4 Å². The molecule has 0 saturated carbocycles. The van der Waals surface area contributed by atoms with Crippen molar-refractivity contribution in [3.8, 4) is 0 Å². The maximum absolute atomic E-state index is 12.9. The summed E-state index contributed by atoms with van der Waals surface area (Å²) in [6.07, 6.45) is 1.59. The van der Waals surface area contributed by atoms with Gasteiger partial charge in [0.05, 0.1) is 0 Å². The minimum absolute atomic E-state index is 0.280. The number of para-hydroxylation sites is 1. The van der Waals surface area contributed by atoms with Crippen molar-refractivity contribution in [1.29, 1.82) is 0 Å². The van der Waals surface area contributed by atoms with Gasteiger partial charge in [-0.3, -0.25) is 9.78 Å². The Morgan fingerprint density at radius 2 is 1.84 bits per heavy atom.